The smallest absolute Gasteiger partial charge is 0.0910 e. The molecule has 0 aromatic heterocycles. The number of fused-ring (bicyclic) bond motifs is 6. The molecule has 186 valence electrons. The highest BCUT2D eigenvalue weighted by atomic mass is 15.4. The Morgan fingerprint density at radius 3 is 1.37 bits per heavy atom. The lowest BCUT2D eigenvalue weighted by Gasteiger charge is -2.45. The molecule has 7 rings (SSSR count). The first-order chi connectivity index (χ1) is 18.5. The molecule has 5 aromatic rings. The predicted molar refractivity (Wildman–Crippen MR) is 161 cm³/mol. The number of benzene rings is 5. The highest BCUT2D eigenvalue weighted by Gasteiger charge is 2.29. The van der Waals surface area contributed by atoms with Gasteiger partial charge < -0.3 is 9.80 Å². The van der Waals surface area contributed by atoms with Crippen molar-refractivity contribution < 1.29 is 0 Å². The molecule has 0 atom stereocenters. The zero-order valence-corrected chi connectivity index (χ0v) is 22.3. The van der Waals surface area contributed by atoms with E-state index in [1.54, 1.807) is 0 Å². The van der Waals surface area contributed by atoms with E-state index < -0.39 is 0 Å². The summed E-state index contributed by atoms with van der Waals surface area (Å²) in [7, 11) is 0. The first-order valence-corrected chi connectivity index (χ1v) is 13.5. The maximum Gasteiger partial charge on any atom is 0.0910 e. The first kappa shape index (κ1) is 22.9. The van der Waals surface area contributed by atoms with Crippen LogP contribution >= 0.6 is 0 Å². The third-order valence-electron chi connectivity index (χ3n) is 8.10. The average molecular weight is 493 g/mol. The summed E-state index contributed by atoms with van der Waals surface area (Å²) >= 11 is 0. The van der Waals surface area contributed by atoms with Crippen molar-refractivity contribution >= 4 is 11.4 Å². The quantitative estimate of drug-likeness (QED) is 0.248. The molecule has 0 unspecified atom stereocenters. The maximum absolute atomic E-state index is 2.52. The van der Waals surface area contributed by atoms with Crippen molar-refractivity contribution in [2.24, 2.45) is 0 Å². The van der Waals surface area contributed by atoms with E-state index >= 15 is 0 Å². The molecule has 5 aromatic carbocycles. The molecule has 2 aliphatic rings. The van der Waals surface area contributed by atoms with Crippen molar-refractivity contribution in [1.29, 1.82) is 0 Å². The highest BCUT2D eigenvalue weighted by Crippen LogP contribution is 2.41. The second-order valence-electron chi connectivity index (χ2n) is 11.0. The third-order valence-corrected chi connectivity index (χ3v) is 8.10. The van der Waals surface area contributed by atoms with Crippen LogP contribution in [0.3, 0.4) is 0 Å². The number of nitrogens with zero attached hydrogens (tertiary/aromatic N) is 2. The molecule has 2 aliphatic heterocycles. The molecular weight excluding hydrogens is 460 g/mol. The van der Waals surface area contributed by atoms with Gasteiger partial charge in [0.15, 0.2) is 0 Å². The van der Waals surface area contributed by atoms with Crippen molar-refractivity contribution in [2.45, 2.75) is 33.9 Å². The van der Waals surface area contributed by atoms with E-state index in [4.69, 9.17) is 0 Å². The van der Waals surface area contributed by atoms with Gasteiger partial charge in [-0.05, 0) is 102 Å². The summed E-state index contributed by atoms with van der Waals surface area (Å²) in [6.45, 7) is 9.35. The molecule has 0 amide bonds. The molecule has 0 fully saturated rings. The van der Waals surface area contributed by atoms with Gasteiger partial charge in [-0.2, -0.15) is 0 Å². The van der Waals surface area contributed by atoms with Gasteiger partial charge in [0.2, 0.25) is 0 Å². The monoisotopic (exact) mass is 492 g/mol. The zero-order valence-electron chi connectivity index (χ0n) is 22.3. The van der Waals surface area contributed by atoms with Crippen molar-refractivity contribution in [3.8, 4) is 33.4 Å². The van der Waals surface area contributed by atoms with Crippen LogP contribution in [-0.2, 0) is 13.1 Å². The van der Waals surface area contributed by atoms with Crippen molar-refractivity contribution in [1.82, 2.24) is 0 Å². The van der Waals surface area contributed by atoms with Crippen LogP contribution in [-0.4, -0.2) is 6.67 Å². The fourth-order valence-electron chi connectivity index (χ4n) is 6.01. The molecule has 38 heavy (non-hydrogen) atoms. The Kier molecular flexibility index (Phi) is 5.37. The fraction of sp³-hybridized carbons (Fsp3) is 0.167. The summed E-state index contributed by atoms with van der Waals surface area (Å²) in [5.74, 6) is 0. The van der Waals surface area contributed by atoms with Gasteiger partial charge in [-0.25, -0.2) is 0 Å². The highest BCUT2D eigenvalue weighted by molar-refractivity contribution is 5.82. The molecule has 0 spiro atoms. The lowest BCUT2D eigenvalue weighted by atomic mass is 9.91. The van der Waals surface area contributed by atoms with Gasteiger partial charge in [0.1, 0.15) is 0 Å². The van der Waals surface area contributed by atoms with Crippen LogP contribution in [0.25, 0.3) is 33.4 Å². The lowest BCUT2D eigenvalue weighted by Crippen LogP contribution is -2.46. The van der Waals surface area contributed by atoms with Crippen molar-refractivity contribution in [3.63, 3.8) is 0 Å². The van der Waals surface area contributed by atoms with Gasteiger partial charge in [0.25, 0.3) is 0 Å². The molecule has 2 bridgehead atoms. The summed E-state index contributed by atoms with van der Waals surface area (Å²) in [5.41, 5.74) is 17.0. The largest absolute Gasteiger partial charge is 0.349 e. The minimum atomic E-state index is 0.943. The van der Waals surface area contributed by atoms with Gasteiger partial charge in [-0.3, -0.25) is 0 Å². The van der Waals surface area contributed by atoms with E-state index in [1.165, 1.54) is 72.6 Å². The Balaban J connectivity index is 1.32. The minimum absolute atomic E-state index is 0.943. The Labute approximate surface area is 225 Å². The van der Waals surface area contributed by atoms with Crippen LogP contribution < -0.4 is 9.80 Å². The number of rotatable bonds is 3. The molecule has 2 nitrogen and oxygen atoms in total. The Morgan fingerprint density at radius 2 is 0.816 bits per heavy atom. The molecule has 2 heterocycles. The third kappa shape index (κ3) is 4.07. The second kappa shape index (κ2) is 8.92. The van der Waals surface area contributed by atoms with Crippen LogP contribution in [0.4, 0.5) is 11.4 Å². The number of hydrogen-bond donors (Lipinski definition) is 0. The molecular formula is C36H32N2. The van der Waals surface area contributed by atoms with E-state index in [9.17, 15) is 0 Å². The molecule has 0 aliphatic carbocycles. The van der Waals surface area contributed by atoms with Crippen LogP contribution in [0.15, 0.2) is 103 Å². The standard InChI is InChI=1S/C36H32N2/c1-24-4-9-27(10-5-24)30-18-31(28-11-6-25(2)7-12-28)20-32(19-30)29-13-15-36-34(17-29)22-38-23-37(36)21-33-16-26(3)8-14-35(33)38/h4-20H,21-23H2,1-3H3. The summed E-state index contributed by atoms with van der Waals surface area (Å²) < 4.78 is 0. The Morgan fingerprint density at radius 1 is 0.395 bits per heavy atom. The summed E-state index contributed by atoms with van der Waals surface area (Å²) in [6.07, 6.45) is 0. The van der Waals surface area contributed by atoms with Crippen molar-refractivity contribution in [2.75, 3.05) is 16.5 Å². The van der Waals surface area contributed by atoms with Gasteiger partial charge in [0.05, 0.1) is 6.67 Å². The van der Waals surface area contributed by atoms with Gasteiger partial charge in [0, 0.05) is 24.5 Å². The fourth-order valence-corrected chi connectivity index (χ4v) is 6.01. The van der Waals surface area contributed by atoms with Gasteiger partial charge in [-0.15, -0.1) is 0 Å². The van der Waals surface area contributed by atoms with E-state index in [0.29, 0.717) is 0 Å². The van der Waals surface area contributed by atoms with Crippen LogP contribution in [0.5, 0.6) is 0 Å². The lowest BCUT2D eigenvalue weighted by molar-refractivity contribution is 0.650. The van der Waals surface area contributed by atoms with Crippen LogP contribution in [0.1, 0.15) is 27.8 Å². The summed E-state index contributed by atoms with van der Waals surface area (Å²) in [6, 6.07) is 38.8. The Bertz CT molecular complexity index is 1600. The molecule has 0 radical (unpaired) electrons. The van der Waals surface area contributed by atoms with E-state index in [0.717, 1.165) is 19.8 Å². The SMILES string of the molecule is Cc1ccc(-c2cc(-c3ccc(C)cc3)cc(-c3ccc4c(c3)CN3CN4Cc4cc(C)ccc43)c2)cc1. The topological polar surface area (TPSA) is 6.48 Å². The molecule has 2 heteroatoms. The molecule has 0 saturated carbocycles. The first-order valence-electron chi connectivity index (χ1n) is 13.5. The average Bonchev–Trinajstić information content (AvgIpc) is 2.93. The summed E-state index contributed by atoms with van der Waals surface area (Å²) in [5, 5.41) is 0. The number of anilines is 2. The van der Waals surface area contributed by atoms with Crippen molar-refractivity contribution in [3.05, 3.63) is 131 Å². The summed E-state index contributed by atoms with van der Waals surface area (Å²) in [4.78, 5) is 5.04. The predicted octanol–water partition coefficient (Wildman–Crippen LogP) is 8.91. The molecule has 0 N–H and O–H groups in total. The van der Waals surface area contributed by atoms with Crippen LogP contribution in [0.2, 0.25) is 0 Å². The van der Waals surface area contributed by atoms with Gasteiger partial charge >= 0.3 is 0 Å². The number of aryl methyl sites for hydroxylation is 3. The van der Waals surface area contributed by atoms with Crippen LogP contribution in [0, 0.1) is 20.8 Å². The van der Waals surface area contributed by atoms with E-state index in [2.05, 4.69) is 134 Å². The zero-order chi connectivity index (χ0) is 25.8. The second-order valence-corrected chi connectivity index (χ2v) is 11.0. The minimum Gasteiger partial charge on any atom is -0.349 e. The van der Waals surface area contributed by atoms with E-state index in [-0.39, 0.29) is 0 Å². The Hall–Kier alpha value is -4.30. The number of hydrogen-bond acceptors (Lipinski definition) is 2. The normalized spacial score (nSPS) is 13.8. The maximum atomic E-state index is 2.52. The van der Waals surface area contributed by atoms with Gasteiger partial charge in [-0.1, -0.05) is 83.4 Å². The molecule has 0 saturated heterocycles. The van der Waals surface area contributed by atoms with E-state index in [1.807, 2.05) is 0 Å².